The van der Waals surface area contributed by atoms with E-state index in [1.54, 1.807) is 12.4 Å². The van der Waals surface area contributed by atoms with Crippen LogP contribution >= 0.6 is 34.2 Å². The molecule has 0 bridgehead atoms. The topological polar surface area (TPSA) is 83.0 Å². The number of nitrogens with zero attached hydrogens (tertiary/aromatic N) is 3. The molecule has 0 atom stereocenters. The standard InChI is InChI=1S/C17H15ClIN5O/c18-13-8-12(19)3-4-14(13)22-16-9-15(11-2-1-5-20-10-11)23-17(24-16)21-6-7-25/h1-5,8-10,25H,6-7H2,(H2,21,22,23,24). The molecule has 0 aliphatic rings. The van der Waals surface area contributed by atoms with Crippen LogP contribution in [0.1, 0.15) is 0 Å². The lowest BCUT2D eigenvalue weighted by Crippen LogP contribution is -2.10. The SMILES string of the molecule is OCCNc1nc(Nc2ccc(I)cc2Cl)cc(-c2cccnc2)n1. The van der Waals surface area contributed by atoms with Crippen molar-refractivity contribution in [3.63, 3.8) is 0 Å². The fraction of sp³-hybridized carbons (Fsp3) is 0.118. The summed E-state index contributed by atoms with van der Waals surface area (Å²) in [4.78, 5) is 13.0. The van der Waals surface area contributed by atoms with Crippen LogP contribution in [0, 0.1) is 3.57 Å². The number of aromatic nitrogens is 3. The summed E-state index contributed by atoms with van der Waals surface area (Å²) in [5.74, 6) is 1.01. The van der Waals surface area contributed by atoms with Crippen molar-refractivity contribution in [1.82, 2.24) is 15.0 Å². The maximum atomic E-state index is 9.02. The minimum absolute atomic E-state index is 0.00775. The van der Waals surface area contributed by atoms with Gasteiger partial charge in [0.05, 0.1) is 23.0 Å². The zero-order valence-electron chi connectivity index (χ0n) is 13.1. The number of pyridine rings is 1. The van der Waals surface area contributed by atoms with Crippen LogP contribution in [-0.4, -0.2) is 33.2 Å². The van der Waals surface area contributed by atoms with Gasteiger partial charge in [0.2, 0.25) is 5.95 Å². The molecule has 0 unspecified atom stereocenters. The fourth-order valence-corrected chi connectivity index (χ4v) is 3.05. The van der Waals surface area contributed by atoms with Crippen molar-refractivity contribution in [3.8, 4) is 11.3 Å². The first-order chi connectivity index (χ1) is 12.2. The quantitative estimate of drug-likeness (QED) is 0.476. The number of benzene rings is 1. The van der Waals surface area contributed by atoms with E-state index in [1.807, 2.05) is 36.4 Å². The second-order valence-electron chi connectivity index (χ2n) is 5.10. The number of nitrogens with one attached hydrogen (secondary N) is 2. The molecular weight excluding hydrogens is 453 g/mol. The lowest BCUT2D eigenvalue weighted by molar-refractivity contribution is 0.311. The minimum Gasteiger partial charge on any atom is -0.395 e. The van der Waals surface area contributed by atoms with Gasteiger partial charge in [-0.2, -0.15) is 4.98 Å². The summed E-state index contributed by atoms with van der Waals surface area (Å²) < 4.78 is 1.05. The number of aliphatic hydroxyl groups excluding tert-OH is 1. The third-order valence-corrected chi connectivity index (χ3v) is 4.26. The van der Waals surface area contributed by atoms with Crippen LogP contribution < -0.4 is 10.6 Å². The molecule has 1 aromatic carbocycles. The Morgan fingerprint density at radius 1 is 1.16 bits per heavy atom. The van der Waals surface area contributed by atoms with Crippen molar-refractivity contribution in [1.29, 1.82) is 0 Å². The molecule has 3 N–H and O–H groups in total. The Morgan fingerprint density at radius 2 is 2.04 bits per heavy atom. The third kappa shape index (κ3) is 4.77. The van der Waals surface area contributed by atoms with Gasteiger partial charge in [0.25, 0.3) is 0 Å². The Kier molecular flexibility index (Phi) is 6.00. The zero-order chi connectivity index (χ0) is 17.6. The van der Waals surface area contributed by atoms with Crippen LogP contribution in [0.3, 0.4) is 0 Å². The lowest BCUT2D eigenvalue weighted by atomic mass is 10.2. The van der Waals surface area contributed by atoms with Crippen LogP contribution in [0.25, 0.3) is 11.3 Å². The van der Waals surface area contributed by atoms with Crippen LogP contribution in [0.4, 0.5) is 17.5 Å². The predicted molar refractivity (Wildman–Crippen MR) is 108 cm³/mol. The monoisotopic (exact) mass is 467 g/mol. The maximum absolute atomic E-state index is 9.02. The van der Waals surface area contributed by atoms with Gasteiger partial charge in [-0.3, -0.25) is 4.98 Å². The summed E-state index contributed by atoms with van der Waals surface area (Å²) in [7, 11) is 0. The molecular formula is C17H15ClIN5O. The molecule has 0 spiro atoms. The van der Waals surface area contributed by atoms with Crippen molar-refractivity contribution in [2.24, 2.45) is 0 Å². The Balaban J connectivity index is 1.96. The van der Waals surface area contributed by atoms with E-state index in [2.05, 4.69) is 48.2 Å². The average molecular weight is 468 g/mol. The molecule has 0 saturated carbocycles. The Labute approximate surface area is 163 Å². The third-order valence-electron chi connectivity index (χ3n) is 3.27. The van der Waals surface area contributed by atoms with Gasteiger partial charge in [0.15, 0.2) is 0 Å². The van der Waals surface area contributed by atoms with Gasteiger partial charge >= 0.3 is 0 Å². The molecule has 8 heteroatoms. The fourth-order valence-electron chi connectivity index (χ4n) is 2.15. The van der Waals surface area contributed by atoms with Gasteiger partial charge in [-0.25, -0.2) is 4.98 Å². The predicted octanol–water partition coefficient (Wildman–Crippen LogP) is 3.94. The summed E-state index contributed by atoms with van der Waals surface area (Å²) in [5, 5.41) is 15.8. The van der Waals surface area contributed by atoms with E-state index in [0.717, 1.165) is 14.8 Å². The maximum Gasteiger partial charge on any atom is 0.225 e. The van der Waals surface area contributed by atoms with Crippen molar-refractivity contribution in [2.75, 3.05) is 23.8 Å². The molecule has 2 heterocycles. The second kappa shape index (κ2) is 8.41. The van der Waals surface area contributed by atoms with Gasteiger partial charge in [-0.1, -0.05) is 11.6 Å². The first-order valence-electron chi connectivity index (χ1n) is 7.52. The molecule has 0 aliphatic carbocycles. The van der Waals surface area contributed by atoms with Crippen molar-refractivity contribution in [2.45, 2.75) is 0 Å². The lowest BCUT2D eigenvalue weighted by Gasteiger charge is -2.12. The Hall–Kier alpha value is -1.97. The summed E-state index contributed by atoms with van der Waals surface area (Å²) >= 11 is 8.50. The number of anilines is 3. The summed E-state index contributed by atoms with van der Waals surface area (Å²) in [6, 6.07) is 11.3. The molecule has 0 fully saturated rings. The highest BCUT2D eigenvalue weighted by atomic mass is 127. The summed E-state index contributed by atoms with van der Waals surface area (Å²) in [6.45, 7) is 0.354. The second-order valence-corrected chi connectivity index (χ2v) is 6.76. The minimum atomic E-state index is -0.00775. The van der Waals surface area contributed by atoms with E-state index < -0.39 is 0 Å². The zero-order valence-corrected chi connectivity index (χ0v) is 16.0. The number of hydrogen-bond acceptors (Lipinski definition) is 6. The van der Waals surface area contributed by atoms with Gasteiger partial charge in [-0.05, 0) is 52.9 Å². The van der Waals surface area contributed by atoms with Crippen LogP contribution in [-0.2, 0) is 0 Å². The van der Waals surface area contributed by atoms with Gasteiger partial charge in [-0.15, -0.1) is 0 Å². The van der Waals surface area contributed by atoms with Crippen LogP contribution in [0.2, 0.25) is 5.02 Å². The summed E-state index contributed by atoms with van der Waals surface area (Å²) in [6.07, 6.45) is 3.44. The molecule has 3 aromatic rings. The number of aliphatic hydroxyl groups is 1. The van der Waals surface area contributed by atoms with E-state index in [9.17, 15) is 0 Å². The van der Waals surface area contributed by atoms with E-state index in [-0.39, 0.29) is 6.61 Å². The summed E-state index contributed by atoms with van der Waals surface area (Å²) in [5.41, 5.74) is 2.34. The highest BCUT2D eigenvalue weighted by molar-refractivity contribution is 14.1. The molecule has 3 rings (SSSR count). The van der Waals surface area contributed by atoms with E-state index in [1.165, 1.54) is 0 Å². The highest BCUT2D eigenvalue weighted by Gasteiger charge is 2.09. The molecule has 2 aromatic heterocycles. The first kappa shape index (κ1) is 17.8. The molecule has 25 heavy (non-hydrogen) atoms. The Morgan fingerprint density at radius 3 is 2.76 bits per heavy atom. The molecule has 0 amide bonds. The van der Waals surface area contributed by atoms with Crippen LogP contribution in [0.5, 0.6) is 0 Å². The molecule has 128 valence electrons. The molecule has 0 aliphatic heterocycles. The van der Waals surface area contributed by atoms with E-state index in [4.69, 9.17) is 16.7 Å². The van der Waals surface area contributed by atoms with Gasteiger partial charge in [0.1, 0.15) is 5.82 Å². The highest BCUT2D eigenvalue weighted by Crippen LogP contribution is 2.28. The van der Waals surface area contributed by atoms with Crippen molar-refractivity contribution in [3.05, 3.63) is 57.4 Å². The number of halogens is 2. The Bertz CT molecular complexity index is 863. The van der Waals surface area contributed by atoms with E-state index >= 15 is 0 Å². The van der Waals surface area contributed by atoms with E-state index in [0.29, 0.717) is 29.0 Å². The number of rotatable bonds is 6. The largest absolute Gasteiger partial charge is 0.395 e. The van der Waals surface area contributed by atoms with Crippen molar-refractivity contribution >= 4 is 51.6 Å². The molecule has 6 nitrogen and oxygen atoms in total. The first-order valence-corrected chi connectivity index (χ1v) is 8.97. The number of hydrogen-bond donors (Lipinski definition) is 3. The van der Waals surface area contributed by atoms with Crippen LogP contribution in [0.15, 0.2) is 48.8 Å². The van der Waals surface area contributed by atoms with Gasteiger partial charge in [0, 0.05) is 34.1 Å². The average Bonchev–Trinajstić information content (AvgIpc) is 2.63. The molecule has 0 radical (unpaired) electrons. The smallest absolute Gasteiger partial charge is 0.225 e. The van der Waals surface area contributed by atoms with Gasteiger partial charge < -0.3 is 15.7 Å². The normalized spacial score (nSPS) is 10.5. The van der Waals surface area contributed by atoms with Crippen molar-refractivity contribution < 1.29 is 5.11 Å². The molecule has 0 saturated heterocycles.